The number of hydrogen-bond acceptors (Lipinski definition) is 4. The normalized spacial score (nSPS) is 12.5. The van der Waals surface area contributed by atoms with Crippen molar-refractivity contribution in [2.75, 3.05) is 20.3 Å². The third-order valence-corrected chi connectivity index (χ3v) is 5.29. The van der Waals surface area contributed by atoms with Gasteiger partial charge >= 0.3 is 0 Å². The number of rotatable bonds is 12. The van der Waals surface area contributed by atoms with Crippen molar-refractivity contribution < 1.29 is 19.1 Å². The summed E-state index contributed by atoms with van der Waals surface area (Å²) >= 11 is 0. The highest BCUT2D eigenvalue weighted by Crippen LogP contribution is 2.25. The zero-order valence-electron chi connectivity index (χ0n) is 19.0. The highest BCUT2D eigenvalue weighted by molar-refractivity contribution is 5.88. The average Bonchev–Trinajstić information content (AvgIpc) is 2.80. The van der Waals surface area contributed by atoms with E-state index in [1.807, 2.05) is 63.2 Å². The minimum Gasteiger partial charge on any atom is -0.493 e. The molecule has 1 N–H and O–H groups in total. The van der Waals surface area contributed by atoms with Crippen LogP contribution in [0.15, 0.2) is 54.6 Å². The molecule has 0 saturated heterocycles. The molecule has 2 rings (SSSR count). The van der Waals surface area contributed by atoms with Crippen LogP contribution in [0.1, 0.15) is 39.2 Å². The van der Waals surface area contributed by atoms with Crippen molar-refractivity contribution in [2.24, 2.45) is 0 Å². The van der Waals surface area contributed by atoms with Crippen LogP contribution >= 0.6 is 0 Å². The van der Waals surface area contributed by atoms with Gasteiger partial charge in [-0.3, -0.25) is 9.59 Å². The van der Waals surface area contributed by atoms with E-state index in [9.17, 15) is 9.59 Å². The lowest BCUT2D eigenvalue weighted by Crippen LogP contribution is -2.52. The van der Waals surface area contributed by atoms with Crippen LogP contribution in [0, 0.1) is 0 Å². The smallest absolute Gasteiger partial charge is 0.261 e. The number of benzene rings is 2. The summed E-state index contributed by atoms with van der Waals surface area (Å²) in [5.74, 6) is 0.703. The zero-order valence-corrected chi connectivity index (χ0v) is 19.0. The Balaban J connectivity index is 2.15. The molecule has 31 heavy (non-hydrogen) atoms. The minimum atomic E-state index is -0.550. The molecule has 2 aromatic carbocycles. The van der Waals surface area contributed by atoms with Gasteiger partial charge in [0.1, 0.15) is 6.04 Å². The van der Waals surface area contributed by atoms with Gasteiger partial charge in [-0.2, -0.15) is 0 Å². The molecule has 2 atom stereocenters. The fourth-order valence-corrected chi connectivity index (χ4v) is 3.30. The average molecular weight is 427 g/mol. The van der Waals surface area contributed by atoms with Crippen molar-refractivity contribution in [1.29, 1.82) is 0 Å². The van der Waals surface area contributed by atoms with Gasteiger partial charge in [-0.1, -0.05) is 56.3 Å². The molecule has 0 aliphatic rings. The topological polar surface area (TPSA) is 67.9 Å². The third-order valence-electron chi connectivity index (χ3n) is 5.29. The van der Waals surface area contributed by atoms with Gasteiger partial charge in [0.05, 0.1) is 7.11 Å². The first kappa shape index (κ1) is 24.3. The van der Waals surface area contributed by atoms with E-state index >= 15 is 0 Å². The second-order valence-corrected chi connectivity index (χ2v) is 7.50. The van der Waals surface area contributed by atoms with Crippen molar-refractivity contribution in [3.8, 4) is 11.5 Å². The first-order valence-electron chi connectivity index (χ1n) is 10.9. The van der Waals surface area contributed by atoms with Gasteiger partial charge < -0.3 is 19.7 Å². The first-order valence-corrected chi connectivity index (χ1v) is 10.9. The summed E-state index contributed by atoms with van der Waals surface area (Å²) in [7, 11) is 1.56. The summed E-state index contributed by atoms with van der Waals surface area (Å²) in [6.45, 7) is 6.18. The van der Waals surface area contributed by atoms with Crippen LogP contribution in [0.25, 0.3) is 0 Å². The fourth-order valence-electron chi connectivity index (χ4n) is 3.30. The predicted octanol–water partition coefficient (Wildman–Crippen LogP) is 3.84. The maximum absolute atomic E-state index is 13.2. The molecule has 0 radical (unpaired) electrons. The van der Waals surface area contributed by atoms with E-state index < -0.39 is 6.04 Å². The lowest BCUT2D eigenvalue weighted by molar-refractivity contribution is -0.142. The Morgan fingerprint density at radius 3 is 2.23 bits per heavy atom. The van der Waals surface area contributed by atoms with Gasteiger partial charge in [0, 0.05) is 12.6 Å². The van der Waals surface area contributed by atoms with Crippen LogP contribution in [-0.4, -0.2) is 49.1 Å². The van der Waals surface area contributed by atoms with Gasteiger partial charge in [0.15, 0.2) is 18.1 Å². The Labute approximate surface area is 185 Å². The Kier molecular flexibility index (Phi) is 9.88. The SMILES string of the molecule is CC[C@@H](C)NC(=O)[C@H](CC)N(CCc1ccccc1)C(=O)COc1ccccc1OC. The van der Waals surface area contributed by atoms with Crippen LogP contribution < -0.4 is 14.8 Å². The molecular formula is C25H34N2O4. The van der Waals surface area contributed by atoms with Gasteiger partial charge in [-0.05, 0) is 43.9 Å². The first-order chi connectivity index (χ1) is 15.0. The third kappa shape index (κ3) is 7.31. The van der Waals surface area contributed by atoms with E-state index in [-0.39, 0.29) is 24.5 Å². The number of nitrogens with one attached hydrogen (secondary N) is 1. The maximum Gasteiger partial charge on any atom is 0.261 e. The van der Waals surface area contributed by atoms with E-state index in [1.165, 1.54) is 0 Å². The number of para-hydroxylation sites is 2. The molecule has 0 aromatic heterocycles. The van der Waals surface area contributed by atoms with Crippen LogP contribution in [0.2, 0.25) is 0 Å². The standard InChI is InChI=1S/C25H34N2O4/c1-5-19(3)26-25(29)21(6-2)27(17-16-20-12-8-7-9-13-20)24(28)18-31-23-15-11-10-14-22(23)30-4/h7-15,19,21H,5-6,16-18H2,1-4H3,(H,26,29)/t19-,21+/m1/s1. The van der Waals surface area contributed by atoms with E-state index in [4.69, 9.17) is 9.47 Å². The molecule has 0 heterocycles. The van der Waals surface area contributed by atoms with E-state index in [0.29, 0.717) is 30.9 Å². The van der Waals surface area contributed by atoms with Crippen molar-refractivity contribution in [3.63, 3.8) is 0 Å². The quantitative estimate of drug-likeness (QED) is 0.560. The lowest BCUT2D eigenvalue weighted by atomic mass is 10.1. The van der Waals surface area contributed by atoms with Crippen molar-refractivity contribution in [2.45, 2.75) is 52.1 Å². The highest BCUT2D eigenvalue weighted by atomic mass is 16.5. The molecule has 6 heteroatoms. The number of ether oxygens (including phenoxy) is 2. The van der Waals surface area contributed by atoms with Crippen molar-refractivity contribution in [1.82, 2.24) is 10.2 Å². The van der Waals surface area contributed by atoms with E-state index in [2.05, 4.69) is 5.32 Å². The monoisotopic (exact) mass is 426 g/mol. The summed E-state index contributed by atoms with van der Waals surface area (Å²) in [6.07, 6.45) is 2.02. The van der Waals surface area contributed by atoms with Gasteiger partial charge in [0.2, 0.25) is 5.91 Å². The van der Waals surface area contributed by atoms with E-state index in [1.54, 1.807) is 24.1 Å². The van der Waals surface area contributed by atoms with Crippen LogP contribution in [0.5, 0.6) is 11.5 Å². The van der Waals surface area contributed by atoms with E-state index in [0.717, 1.165) is 12.0 Å². The van der Waals surface area contributed by atoms with Crippen molar-refractivity contribution in [3.05, 3.63) is 60.2 Å². The van der Waals surface area contributed by atoms with Crippen LogP contribution in [-0.2, 0) is 16.0 Å². The van der Waals surface area contributed by atoms with Gasteiger partial charge in [-0.15, -0.1) is 0 Å². The summed E-state index contributed by atoms with van der Waals surface area (Å²) in [5.41, 5.74) is 1.11. The number of carbonyl (C=O) groups excluding carboxylic acids is 2. The predicted molar refractivity (Wildman–Crippen MR) is 122 cm³/mol. The second-order valence-electron chi connectivity index (χ2n) is 7.50. The molecule has 0 aliphatic heterocycles. The lowest BCUT2D eigenvalue weighted by Gasteiger charge is -2.31. The molecule has 2 amide bonds. The summed E-state index contributed by atoms with van der Waals surface area (Å²) in [4.78, 5) is 27.7. The molecule has 0 unspecified atom stereocenters. The number of carbonyl (C=O) groups is 2. The molecule has 0 fully saturated rings. The molecule has 6 nitrogen and oxygen atoms in total. The summed E-state index contributed by atoms with van der Waals surface area (Å²) < 4.78 is 11.0. The highest BCUT2D eigenvalue weighted by Gasteiger charge is 2.29. The summed E-state index contributed by atoms with van der Waals surface area (Å²) in [6, 6.07) is 16.6. The number of amides is 2. The molecule has 2 aromatic rings. The maximum atomic E-state index is 13.2. The molecule has 0 bridgehead atoms. The Hall–Kier alpha value is -3.02. The Morgan fingerprint density at radius 1 is 0.968 bits per heavy atom. The largest absolute Gasteiger partial charge is 0.493 e. The number of methoxy groups -OCH3 is 1. The number of nitrogens with zero attached hydrogens (tertiary/aromatic N) is 1. The van der Waals surface area contributed by atoms with Crippen LogP contribution in [0.3, 0.4) is 0 Å². The molecule has 0 saturated carbocycles. The molecule has 0 aliphatic carbocycles. The minimum absolute atomic E-state index is 0.0532. The Morgan fingerprint density at radius 2 is 1.61 bits per heavy atom. The second kappa shape index (κ2) is 12.6. The van der Waals surface area contributed by atoms with Gasteiger partial charge in [0.25, 0.3) is 5.91 Å². The van der Waals surface area contributed by atoms with Crippen LogP contribution in [0.4, 0.5) is 0 Å². The zero-order chi connectivity index (χ0) is 22.6. The summed E-state index contributed by atoms with van der Waals surface area (Å²) in [5, 5.41) is 3.01. The molecule has 168 valence electrons. The van der Waals surface area contributed by atoms with Crippen molar-refractivity contribution >= 4 is 11.8 Å². The van der Waals surface area contributed by atoms with Gasteiger partial charge in [-0.25, -0.2) is 0 Å². The number of hydrogen-bond donors (Lipinski definition) is 1. The fraction of sp³-hybridized carbons (Fsp3) is 0.440. The molecule has 0 spiro atoms. The Bertz CT molecular complexity index is 825. The molecular weight excluding hydrogens is 392 g/mol.